The van der Waals surface area contributed by atoms with Gasteiger partial charge in [0.25, 0.3) is 0 Å². The molecule has 0 aromatic rings. The number of aliphatic hydroxyl groups is 1. The Kier molecular flexibility index (Phi) is 4.91. The molecule has 2 rings (SSSR count). The number of nitrogens with one attached hydrogen (secondary N) is 1. The van der Waals surface area contributed by atoms with Gasteiger partial charge in [-0.2, -0.15) is 0 Å². The lowest BCUT2D eigenvalue weighted by Gasteiger charge is -2.32. The van der Waals surface area contributed by atoms with E-state index in [0.29, 0.717) is 25.3 Å². The van der Waals surface area contributed by atoms with Crippen molar-refractivity contribution in [3.8, 4) is 0 Å². The van der Waals surface area contributed by atoms with E-state index in [0.717, 1.165) is 6.54 Å². The standard InChI is InChI=1S/C16H28N2O3/c1-16(2,3)13(6-7-19)17-15(21)12-8-14(20)18(10-12)9-11-4-5-11/h11-13,19H,4-10H2,1-3H3,(H,17,21). The third kappa shape index (κ3) is 4.43. The van der Waals surface area contributed by atoms with E-state index in [2.05, 4.69) is 5.32 Å². The smallest absolute Gasteiger partial charge is 0.225 e. The molecule has 0 bridgehead atoms. The summed E-state index contributed by atoms with van der Waals surface area (Å²) < 4.78 is 0. The lowest BCUT2D eigenvalue weighted by molar-refractivity contribution is -0.129. The van der Waals surface area contributed by atoms with E-state index >= 15 is 0 Å². The second-order valence-electron chi connectivity index (χ2n) is 7.58. The van der Waals surface area contributed by atoms with Gasteiger partial charge in [-0.15, -0.1) is 0 Å². The van der Waals surface area contributed by atoms with Crippen molar-refractivity contribution >= 4 is 11.8 Å². The van der Waals surface area contributed by atoms with Gasteiger partial charge in [0.15, 0.2) is 0 Å². The predicted molar refractivity (Wildman–Crippen MR) is 80.5 cm³/mol. The highest BCUT2D eigenvalue weighted by molar-refractivity contribution is 5.89. The highest BCUT2D eigenvalue weighted by atomic mass is 16.3. The van der Waals surface area contributed by atoms with Gasteiger partial charge in [-0.25, -0.2) is 0 Å². The Morgan fingerprint density at radius 1 is 1.43 bits per heavy atom. The summed E-state index contributed by atoms with van der Waals surface area (Å²) in [6, 6.07) is -0.0671. The van der Waals surface area contributed by atoms with Crippen molar-refractivity contribution in [1.82, 2.24) is 10.2 Å². The molecule has 0 spiro atoms. The molecule has 2 N–H and O–H groups in total. The largest absolute Gasteiger partial charge is 0.396 e. The molecule has 21 heavy (non-hydrogen) atoms. The Labute approximate surface area is 127 Å². The quantitative estimate of drug-likeness (QED) is 0.773. The van der Waals surface area contributed by atoms with Crippen LogP contribution in [0, 0.1) is 17.3 Å². The Balaban J connectivity index is 1.88. The first-order valence-corrected chi connectivity index (χ1v) is 8.00. The molecular formula is C16H28N2O3. The Morgan fingerprint density at radius 3 is 2.62 bits per heavy atom. The van der Waals surface area contributed by atoms with Gasteiger partial charge in [-0.1, -0.05) is 20.8 Å². The molecule has 1 aliphatic heterocycles. The number of likely N-dealkylation sites (tertiary alicyclic amines) is 1. The molecule has 2 unspecified atom stereocenters. The van der Waals surface area contributed by atoms with Crippen LogP contribution in [0.4, 0.5) is 0 Å². The molecule has 0 aromatic carbocycles. The normalized spacial score (nSPS) is 24.3. The van der Waals surface area contributed by atoms with Gasteiger partial charge in [0, 0.05) is 32.2 Å². The van der Waals surface area contributed by atoms with E-state index in [1.54, 1.807) is 0 Å². The number of carbonyl (C=O) groups excluding carboxylic acids is 2. The van der Waals surface area contributed by atoms with Gasteiger partial charge in [0.2, 0.25) is 11.8 Å². The molecule has 5 heteroatoms. The van der Waals surface area contributed by atoms with E-state index in [1.807, 2.05) is 25.7 Å². The second kappa shape index (κ2) is 6.34. The summed E-state index contributed by atoms with van der Waals surface area (Å²) >= 11 is 0. The molecule has 5 nitrogen and oxygen atoms in total. The maximum absolute atomic E-state index is 12.4. The number of hydrogen-bond acceptors (Lipinski definition) is 3. The minimum atomic E-state index is -0.236. The molecule has 2 aliphatic rings. The average molecular weight is 296 g/mol. The van der Waals surface area contributed by atoms with Crippen molar-refractivity contribution in [3.05, 3.63) is 0 Å². The summed E-state index contributed by atoms with van der Waals surface area (Å²) in [6.07, 6.45) is 3.29. The maximum atomic E-state index is 12.4. The molecule has 0 aromatic heterocycles. The molecule has 120 valence electrons. The highest BCUT2D eigenvalue weighted by Crippen LogP contribution is 2.32. The SMILES string of the molecule is CC(C)(C)C(CCO)NC(=O)C1CC(=O)N(CC2CC2)C1. The van der Waals surface area contributed by atoms with Crippen molar-refractivity contribution < 1.29 is 14.7 Å². The Morgan fingerprint density at radius 2 is 2.10 bits per heavy atom. The van der Waals surface area contributed by atoms with Gasteiger partial charge in [-0.3, -0.25) is 9.59 Å². The van der Waals surface area contributed by atoms with Crippen LogP contribution < -0.4 is 5.32 Å². The number of carbonyl (C=O) groups is 2. The van der Waals surface area contributed by atoms with Crippen molar-refractivity contribution in [1.29, 1.82) is 0 Å². The zero-order valence-corrected chi connectivity index (χ0v) is 13.4. The van der Waals surface area contributed by atoms with E-state index in [-0.39, 0.29) is 35.8 Å². The van der Waals surface area contributed by atoms with Gasteiger partial charge >= 0.3 is 0 Å². The number of nitrogens with zero attached hydrogens (tertiary/aromatic N) is 1. The lowest BCUT2D eigenvalue weighted by Crippen LogP contribution is -2.47. The predicted octanol–water partition coefficient (Wildman–Crippen LogP) is 1.16. The van der Waals surface area contributed by atoms with Crippen molar-refractivity contribution in [3.63, 3.8) is 0 Å². The minimum absolute atomic E-state index is 0.0463. The average Bonchev–Trinajstić information content (AvgIpc) is 3.11. The van der Waals surface area contributed by atoms with Crippen LogP contribution in [0.25, 0.3) is 0 Å². The molecule has 2 atom stereocenters. The van der Waals surface area contributed by atoms with E-state index in [9.17, 15) is 9.59 Å². The van der Waals surface area contributed by atoms with E-state index in [1.165, 1.54) is 12.8 Å². The number of rotatable bonds is 6. The molecule has 0 radical (unpaired) electrons. The monoisotopic (exact) mass is 296 g/mol. The van der Waals surface area contributed by atoms with Crippen LogP contribution in [0.2, 0.25) is 0 Å². The van der Waals surface area contributed by atoms with Gasteiger partial charge < -0.3 is 15.3 Å². The van der Waals surface area contributed by atoms with Gasteiger partial charge in [-0.05, 0) is 30.6 Å². The summed E-state index contributed by atoms with van der Waals surface area (Å²) in [6.45, 7) is 7.57. The van der Waals surface area contributed by atoms with E-state index in [4.69, 9.17) is 5.11 Å². The van der Waals surface area contributed by atoms with Crippen LogP contribution in [0.15, 0.2) is 0 Å². The maximum Gasteiger partial charge on any atom is 0.225 e. The third-order valence-corrected chi connectivity index (χ3v) is 4.54. The molecule has 1 aliphatic carbocycles. The van der Waals surface area contributed by atoms with Crippen LogP contribution in [-0.2, 0) is 9.59 Å². The first kappa shape index (κ1) is 16.3. The zero-order chi connectivity index (χ0) is 15.6. The zero-order valence-electron chi connectivity index (χ0n) is 13.4. The van der Waals surface area contributed by atoms with Crippen molar-refractivity contribution in [2.45, 2.75) is 52.5 Å². The minimum Gasteiger partial charge on any atom is -0.396 e. The molecule has 2 amide bonds. The summed E-state index contributed by atoms with van der Waals surface area (Å²) in [7, 11) is 0. The van der Waals surface area contributed by atoms with Gasteiger partial charge in [0.05, 0.1) is 5.92 Å². The van der Waals surface area contributed by atoms with Crippen LogP contribution in [-0.4, -0.2) is 47.6 Å². The lowest BCUT2D eigenvalue weighted by atomic mass is 9.84. The fraction of sp³-hybridized carbons (Fsp3) is 0.875. The van der Waals surface area contributed by atoms with Crippen LogP contribution in [0.3, 0.4) is 0 Å². The molecule has 1 saturated carbocycles. The van der Waals surface area contributed by atoms with E-state index < -0.39 is 0 Å². The number of amides is 2. The molecule has 1 heterocycles. The fourth-order valence-corrected chi connectivity index (χ4v) is 2.88. The first-order chi connectivity index (χ1) is 9.81. The molecule has 1 saturated heterocycles. The summed E-state index contributed by atoms with van der Waals surface area (Å²) in [5.74, 6) is 0.485. The van der Waals surface area contributed by atoms with Crippen molar-refractivity contribution in [2.75, 3.05) is 19.7 Å². The topological polar surface area (TPSA) is 69.6 Å². The summed E-state index contributed by atoms with van der Waals surface area (Å²) in [4.78, 5) is 26.2. The number of hydrogen-bond donors (Lipinski definition) is 2. The van der Waals surface area contributed by atoms with Gasteiger partial charge in [0.1, 0.15) is 0 Å². The Bertz CT molecular complexity index is 399. The van der Waals surface area contributed by atoms with Crippen molar-refractivity contribution in [2.24, 2.45) is 17.3 Å². The Hall–Kier alpha value is -1.10. The highest BCUT2D eigenvalue weighted by Gasteiger charge is 2.38. The molecular weight excluding hydrogens is 268 g/mol. The first-order valence-electron chi connectivity index (χ1n) is 8.00. The second-order valence-corrected chi connectivity index (χ2v) is 7.58. The summed E-state index contributed by atoms with van der Waals surface area (Å²) in [5, 5.41) is 12.2. The van der Waals surface area contributed by atoms with Crippen LogP contribution in [0.1, 0.15) is 46.5 Å². The molecule has 2 fully saturated rings. The fourth-order valence-electron chi connectivity index (χ4n) is 2.88. The summed E-state index contributed by atoms with van der Waals surface area (Å²) in [5.41, 5.74) is -0.102. The third-order valence-electron chi connectivity index (χ3n) is 4.54. The number of aliphatic hydroxyl groups excluding tert-OH is 1. The van der Waals surface area contributed by atoms with Crippen LogP contribution in [0.5, 0.6) is 0 Å². The van der Waals surface area contributed by atoms with Crippen LogP contribution >= 0.6 is 0 Å².